The van der Waals surface area contributed by atoms with Crippen molar-refractivity contribution in [1.82, 2.24) is 5.32 Å². The highest BCUT2D eigenvalue weighted by atomic mass is 16.6. The monoisotopic (exact) mass is 1030 g/mol. The predicted molar refractivity (Wildman–Crippen MR) is 292 cm³/mol. The van der Waals surface area contributed by atoms with E-state index in [9.17, 15) is 4.79 Å². The summed E-state index contributed by atoms with van der Waals surface area (Å²) in [5.41, 5.74) is 6.43. The van der Waals surface area contributed by atoms with Crippen LogP contribution in [-0.4, -0.2) is 112 Å². The van der Waals surface area contributed by atoms with Gasteiger partial charge in [0.2, 0.25) is 0 Å². The summed E-state index contributed by atoms with van der Waals surface area (Å²) in [6.45, 7) is 20.0. The maximum Gasteiger partial charge on any atom is 0.338 e. The molecule has 0 unspecified atom stereocenters. The normalized spacial score (nSPS) is 14.7. The topological polar surface area (TPSA) is 131 Å². The zero-order valence-corrected chi connectivity index (χ0v) is 45.6. The van der Waals surface area contributed by atoms with Crippen molar-refractivity contribution in [2.45, 2.75) is 130 Å². The van der Waals surface area contributed by atoms with E-state index < -0.39 is 0 Å². The van der Waals surface area contributed by atoms with E-state index >= 15 is 0 Å². The molecule has 0 saturated carbocycles. The van der Waals surface area contributed by atoms with E-state index in [4.69, 9.17) is 52.1 Å². The molecule has 4 aromatic rings. The van der Waals surface area contributed by atoms with Gasteiger partial charge in [-0.3, -0.25) is 0 Å². The SMILES string of the molecule is Cc1cc(C)cc(C(=O)OCCCCCCNCc2cc(C(C)(C)C)ccc2OCCCCCCCCCCOCc2ccc3c(c2)OCCOCCOCCOc2ccccc2OCCOCCOCCO3)c1. The minimum absolute atomic E-state index is 0.0692. The van der Waals surface area contributed by atoms with Gasteiger partial charge in [0.05, 0.1) is 78.2 Å². The Morgan fingerprint density at radius 1 is 0.514 bits per heavy atom. The second kappa shape index (κ2) is 36.2. The van der Waals surface area contributed by atoms with Crippen LogP contribution in [0.2, 0.25) is 0 Å². The predicted octanol–water partition coefficient (Wildman–Crippen LogP) is 12.1. The molecule has 4 aromatic carbocycles. The summed E-state index contributed by atoms with van der Waals surface area (Å²) >= 11 is 0. The summed E-state index contributed by atoms with van der Waals surface area (Å²) in [5.74, 6) is 3.41. The Morgan fingerprint density at radius 3 is 1.59 bits per heavy atom. The van der Waals surface area contributed by atoms with Crippen molar-refractivity contribution >= 4 is 5.97 Å². The number of hydrogen-bond donors (Lipinski definition) is 1. The van der Waals surface area contributed by atoms with Gasteiger partial charge in [-0.15, -0.1) is 0 Å². The first kappa shape index (κ1) is 60.0. The van der Waals surface area contributed by atoms with Crippen molar-refractivity contribution in [2.24, 2.45) is 0 Å². The number of fused-ring (bicyclic) bond motifs is 2. The lowest BCUT2D eigenvalue weighted by atomic mass is 9.86. The zero-order chi connectivity index (χ0) is 52.3. The Balaban J connectivity index is 0.896. The van der Waals surface area contributed by atoms with Crippen LogP contribution in [0, 0.1) is 13.8 Å². The van der Waals surface area contributed by atoms with Crippen LogP contribution < -0.4 is 29.0 Å². The summed E-state index contributed by atoms with van der Waals surface area (Å²) in [7, 11) is 0. The lowest BCUT2D eigenvalue weighted by Crippen LogP contribution is -2.17. The second-order valence-corrected chi connectivity index (χ2v) is 20.0. The molecule has 13 nitrogen and oxygen atoms in total. The van der Waals surface area contributed by atoms with E-state index in [-0.39, 0.29) is 11.4 Å². The van der Waals surface area contributed by atoms with Crippen molar-refractivity contribution in [3.8, 4) is 28.7 Å². The van der Waals surface area contributed by atoms with Gasteiger partial charge in [-0.05, 0) is 105 Å². The van der Waals surface area contributed by atoms with Gasteiger partial charge in [-0.1, -0.05) is 120 Å². The standard InChI is InChI=1S/C61H89NO12/c1-49-42-50(2)44-52(43-49)60(63)74-29-19-13-10-16-26-62-47-53-46-54(61(3,4)5)23-25-55(53)69-28-18-12-9-7-6-8-11-17-27-68-48-51-22-24-58-59(45-51)73-41-37-67-33-32-65-35-39-71-57-21-15-14-20-56(57)70-38-34-64-30-31-66-36-40-72-58/h14-15,20-25,42-46,62H,6-13,16-19,26-41,47-48H2,1-5H3. The molecule has 1 aliphatic heterocycles. The summed E-state index contributed by atoms with van der Waals surface area (Å²) in [4.78, 5) is 12.4. The largest absolute Gasteiger partial charge is 0.493 e. The molecule has 0 saturated heterocycles. The van der Waals surface area contributed by atoms with Crippen molar-refractivity contribution in [1.29, 1.82) is 0 Å². The number of benzene rings is 4. The van der Waals surface area contributed by atoms with Gasteiger partial charge >= 0.3 is 5.97 Å². The summed E-state index contributed by atoms with van der Waals surface area (Å²) in [5, 5.41) is 3.65. The van der Waals surface area contributed by atoms with Gasteiger partial charge < -0.3 is 57.4 Å². The third kappa shape index (κ3) is 25.1. The molecule has 1 N–H and O–H groups in total. The van der Waals surface area contributed by atoms with Crippen molar-refractivity contribution < 1.29 is 56.9 Å². The maximum absolute atomic E-state index is 12.4. The van der Waals surface area contributed by atoms with Crippen molar-refractivity contribution in [3.63, 3.8) is 0 Å². The molecule has 410 valence electrons. The smallest absolute Gasteiger partial charge is 0.338 e. The third-order valence-corrected chi connectivity index (χ3v) is 12.4. The first-order chi connectivity index (χ1) is 36.2. The van der Waals surface area contributed by atoms with Crippen molar-refractivity contribution in [3.05, 3.63) is 112 Å². The number of carbonyl (C=O) groups excluding carboxylic acids is 1. The molecule has 1 heterocycles. The Kier molecular flexibility index (Phi) is 29.3. The van der Waals surface area contributed by atoms with Gasteiger partial charge in [-0.25, -0.2) is 4.79 Å². The van der Waals surface area contributed by atoms with Crippen LogP contribution in [0.5, 0.6) is 28.7 Å². The summed E-state index contributed by atoms with van der Waals surface area (Å²) in [6, 6.07) is 26.1. The Bertz CT molecular complexity index is 2120. The molecule has 0 aromatic heterocycles. The van der Waals surface area contributed by atoms with E-state index in [1.165, 1.54) is 43.2 Å². The van der Waals surface area contributed by atoms with Gasteiger partial charge in [0.15, 0.2) is 23.0 Å². The number of unbranched alkanes of at least 4 members (excludes halogenated alkanes) is 10. The van der Waals surface area contributed by atoms with Crippen LogP contribution in [0.1, 0.15) is 136 Å². The highest BCUT2D eigenvalue weighted by molar-refractivity contribution is 5.89. The lowest BCUT2D eigenvalue weighted by Gasteiger charge is -2.22. The average molecular weight is 1030 g/mol. The van der Waals surface area contributed by atoms with Crippen LogP contribution in [0.15, 0.2) is 78.9 Å². The first-order valence-electron chi connectivity index (χ1n) is 27.5. The van der Waals surface area contributed by atoms with Gasteiger partial charge in [0.25, 0.3) is 0 Å². The number of esters is 1. The Labute approximate surface area is 443 Å². The van der Waals surface area contributed by atoms with E-state index in [2.05, 4.69) is 50.4 Å². The van der Waals surface area contributed by atoms with E-state index in [0.717, 1.165) is 93.7 Å². The van der Waals surface area contributed by atoms with Crippen LogP contribution in [-0.2, 0) is 47.0 Å². The number of aryl methyl sites for hydroxylation is 2. The molecule has 0 spiro atoms. The van der Waals surface area contributed by atoms with Crippen LogP contribution in [0.4, 0.5) is 0 Å². The lowest BCUT2D eigenvalue weighted by molar-refractivity contribution is 0.0223. The molecule has 0 atom stereocenters. The molecule has 0 aliphatic carbocycles. The number of para-hydroxylation sites is 2. The van der Waals surface area contributed by atoms with Gasteiger partial charge in [0.1, 0.15) is 32.2 Å². The van der Waals surface area contributed by atoms with Gasteiger partial charge in [0, 0.05) is 18.7 Å². The fraction of sp³-hybridized carbons (Fsp3) is 0.590. The molecule has 0 amide bonds. The second-order valence-electron chi connectivity index (χ2n) is 20.0. The van der Waals surface area contributed by atoms with Gasteiger partial charge in [-0.2, -0.15) is 0 Å². The maximum atomic E-state index is 12.4. The van der Waals surface area contributed by atoms with Crippen LogP contribution >= 0.6 is 0 Å². The molecular weight excluding hydrogens is 939 g/mol. The molecule has 5 rings (SSSR count). The van der Waals surface area contributed by atoms with E-state index in [1.54, 1.807) is 0 Å². The van der Waals surface area contributed by atoms with E-state index in [0.29, 0.717) is 121 Å². The number of rotatable bonds is 24. The minimum atomic E-state index is -0.232. The molecule has 0 fully saturated rings. The molecule has 1 aliphatic rings. The zero-order valence-electron chi connectivity index (χ0n) is 45.6. The molecule has 74 heavy (non-hydrogen) atoms. The number of carbonyl (C=O) groups is 1. The molecule has 0 bridgehead atoms. The number of hydrogen-bond acceptors (Lipinski definition) is 13. The highest BCUT2D eigenvalue weighted by Gasteiger charge is 2.17. The molecular formula is C61H89NO12. The van der Waals surface area contributed by atoms with Crippen LogP contribution in [0.3, 0.4) is 0 Å². The minimum Gasteiger partial charge on any atom is -0.493 e. The first-order valence-corrected chi connectivity index (χ1v) is 27.5. The Morgan fingerprint density at radius 2 is 1.01 bits per heavy atom. The molecule has 0 radical (unpaired) electrons. The number of nitrogens with one attached hydrogen (secondary N) is 1. The average Bonchev–Trinajstić information content (AvgIpc) is 3.38. The summed E-state index contributed by atoms with van der Waals surface area (Å²) < 4.78 is 64.8. The summed E-state index contributed by atoms with van der Waals surface area (Å²) in [6.07, 6.45) is 13.4. The Hall–Kier alpha value is -4.89. The van der Waals surface area contributed by atoms with Crippen LogP contribution in [0.25, 0.3) is 0 Å². The van der Waals surface area contributed by atoms with Crippen molar-refractivity contribution in [2.75, 3.05) is 106 Å². The molecule has 13 heteroatoms. The number of ether oxygens (including phenoxy) is 11. The fourth-order valence-electron chi connectivity index (χ4n) is 8.38. The highest BCUT2D eigenvalue weighted by Crippen LogP contribution is 2.31. The third-order valence-electron chi connectivity index (χ3n) is 12.4. The fourth-order valence-corrected chi connectivity index (χ4v) is 8.38. The quantitative estimate of drug-likeness (QED) is 0.0528. The van der Waals surface area contributed by atoms with E-state index in [1.807, 2.05) is 68.4 Å².